The summed E-state index contributed by atoms with van der Waals surface area (Å²) < 4.78 is 13.8. The average molecular weight is 374 g/mol. The Balaban J connectivity index is 1.45. The minimum absolute atomic E-state index is 0.184. The third-order valence-electron chi connectivity index (χ3n) is 3.13. The summed E-state index contributed by atoms with van der Waals surface area (Å²) >= 11 is 2.69. The zero-order chi connectivity index (χ0) is 17.5. The molecule has 2 N–H and O–H groups in total. The molecule has 0 unspecified atom stereocenters. The summed E-state index contributed by atoms with van der Waals surface area (Å²) in [5, 5.41) is 14.7. The quantitative estimate of drug-likeness (QED) is 0.612. The first kappa shape index (κ1) is 17.4. The Morgan fingerprint density at radius 2 is 1.96 bits per heavy atom. The number of nitrogens with zero attached hydrogens (tertiary/aromatic N) is 2. The van der Waals surface area contributed by atoms with Crippen LogP contribution in [0.15, 0.2) is 58.9 Å². The van der Waals surface area contributed by atoms with Gasteiger partial charge in [0.2, 0.25) is 11.0 Å². The van der Waals surface area contributed by atoms with Gasteiger partial charge >= 0.3 is 0 Å². The van der Waals surface area contributed by atoms with Gasteiger partial charge in [0.05, 0.1) is 5.75 Å². The largest absolute Gasteiger partial charge is 0.356 e. The lowest BCUT2D eigenvalue weighted by Crippen LogP contribution is -2.13. The van der Waals surface area contributed by atoms with Crippen molar-refractivity contribution in [3.05, 3.63) is 66.0 Å². The Morgan fingerprint density at radius 3 is 2.76 bits per heavy atom. The predicted octanol–water partition coefficient (Wildman–Crippen LogP) is 4.02. The van der Waals surface area contributed by atoms with E-state index in [2.05, 4.69) is 20.8 Å². The Morgan fingerprint density at radius 1 is 1.12 bits per heavy atom. The lowest BCUT2D eigenvalue weighted by molar-refractivity contribution is -0.113. The van der Waals surface area contributed by atoms with Crippen LogP contribution in [0.3, 0.4) is 0 Å². The molecule has 1 aromatic heterocycles. The van der Waals surface area contributed by atoms with Crippen LogP contribution in [-0.2, 0) is 11.3 Å². The maximum Gasteiger partial charge on any atom is 0.234 e. The van der Waals surface area contributed by atoms with Gasteiger partial charge in [-0.3, -0.25) is 4.79 Å². The van der Waals surface area contributed by atoms with Gasteiger partial charge in [-0.15, -0.1) is 10.2 Å². The third kappa shape index (κ3) is 5.54. The third-order valence-corrected chi connectivity index (χ3v) is 5.14. The van der Waals surface area contributed by atoms with Crippen molar-refractivity contribution < 1.29 is 9.18 Å². The van der Waals surface area contributed by atoms with Gasteiger partial charge in [0, 0.05) is 12.2 Å². The molecule has 0 aliphatic rings. The minimum Gasteiger partial charge on any atom is -0.356 e. The number of carbonyl (C=O) groups is 1. The summed E-state index contributed by atoms with van der Waals surface area (Å²) in [5.41, 5.74) is 1.59. The number of rotatable bonds is 7. The van der Waals surface area contributed by atoms with Crippen molar-refractivity contribution in [3.8, 4) is 0 Å². The summed E-state index contributed by atoms with van der Waals surface area (Å²) in [5.74, 6) is -0.419. The fraction of sp³-hybridized carbons (Fsp3) is 0.118. The molecule has 0 spiro atoms. The van der Waals surface area contributed by atoms with E-state index in [0.29, 0.717) is 21.7 Å². The van der Waals surface area contributed by atoms with Gasteiger partial charge in [0.1, 0.15) is 5.82 Å². The van der Waals surface area contributed by atoms with Gasteiger partial charge in [-0.2, -0.15) is 0 Å². The summed E-state index contributed by atoms with van der Waals surface area (Å²) in [6.45, 7) is 0.667. The van der Waals surface area contributed by atoms with Gasteiger partial charge in [-0.05, 0) is 23.8 Å². The molecule has 0 atom stereocenters. The Hall–Kier alpha value is -2.45. The molecule has 8 heteroatoms. The SMILES string of the molecule is O=C(CSc1nnc(NCc2ccccc2)s1)Nc1cccc(F)c1. The molecule has 0 radical (unpaired) electrons. The van der Waals surface area contributed by atoms with Crippen LogP contribution in [-0.4, -0.2) is 21.9 Å². The van der Waals surface area contributed by atoms with Crippen LogP contribution in [0.2, 0.25) is 0 Å². The van der Waals surface area contributed by atoms with E-state index in [9.17, 15) is 9.18 Å². The average Bonchev–Trinajstić information content (AvgIpc) is 3.07. The number of hydrogen-bond acceptors (Lipinski definition) is 6. The molecule has 0 saturated carbocycles. The number of nitrogens with one attached hydrogen (secondary N) is 2. The maximum atomic E-state index is 13.1. The minimum atomic E-state index is -0.385. The molecule has 128 valence electrons. The van der Waals surface area contributed by atoms with E-state index in [0.717, 1.165) is 5.56 Å². The first-order valence-electron chi connectivity index (χ1n) is 7.48. The molecular formula is C17H15FN4OS2. The van der Waals surface area contributed by atoms with Crippen molar-refractivity contribution in [2.75, 3.05) is 16.4 Å². The van der Waals surface area contributed by atoms with Gasteiger partial charge in [-0.1, -0.05) is 59.5 Å². The number of thioether (sulfide) groups is 1. The number of hydrogen-bond donors (Lipinski definition) is 2. The van der Waals surface area contributed by atoms with E-state index in [4.69, 9.17) is 0 Å². The Bertz CT molecular complexity index is 841. The van der Waals surface area contributed by atoms with Gasteiger partial charge in [-0.25, -0.2) is 4.39 Å². The number of halogens is 1. The standard InChI is InChI=1S/C17H15FN4OS2/c18-13-7-4-8-14(9-13)20-15(23)11-24-17-22-21-16(25-17)19-10-12-5-2-1-3-6-12/h1-9H,10-11H2,(H,19,21)(H,20,23). The van der Waals surface area contributed by atoms with Crippen molar-refractivity contribution in [2.24, 2.45) is 0 Å². The van der Waals surface area contributed by atoms with E-state index in [1.165, 1.54) is 35.2 Å². The summed E-state index contributed by atoms with van der Waals surface area (Å²) in [6.07, 6.45) is 0. The monoisotopic (exact) mass is 374 g/mol. The van der Waals surface area contributed by atoms with Crippen molar-refractivity contribution >= 4 is 39.8 Å². The number of anilines is 2. The normalized spacial score (nSPS) is 10.4. The second-order valence-corrected chi connectivity index (χ2v) is 7.26. The number of carbonyl (C=O) groups excluding carboxylic acids is 1. The Kier molecular flexibility index (Phi) is 5.97. The molecule has 1 amide bonds. The van der Waals surface area contributed by atoms with Crippen molar-refractivity contribution in [2.45, 2.75) is 10.9 Å². The summed E-state index contributed by atoms with van der Waals surface area (Å²) in [7, 11) is 0. The topological polar surface area (TPSA) is 66.9 Å². The summed E-state index contributed by atoms with van der Waals surface area (Å²) in [6, 6.07) is 15.8. The van der Waals surface area contributed by atoms with Crippen molar-refractivity contribution in [1.29, 1.82) is 0 Å². The van der Waals surface area contributed by atoms with Gasteiger partial charge in [0.15, 0.2) is 4.34 Å². The zero-order valence-corrected chi connectivity index (χ0v) is 14.7. The maximum absolute atomic E-state index is 13.1. The van der Waals surface area contributed by atoms with Crippen LogP contribution < -0.4 is 10.6 Å². The molecule has 3 aromatic rings. The lowest BCUT2D eigenvalue weighted by Gasteiger charge is -2.03. The fourth-order valence-electron chi connectivity index (χ4n) is 2.00. The number of amides is 1. The van der Waals surface area contributed by atoms with Crippen molar-refractivity contribution in [1.82, 2.24) is 10.2 Å². The Labute approximate surface area is 152 Å². The van der Waals surface area contributed by atoms with E-state index in [-0.39, 0.29) is 17.5 Å². The lowest BCUT2D eigenvalue weighted by atomic mass is 10.2. The fourth-order valence-corrected chi connectivity index (χ4v) is 3.55. The first-order chi connectivity index (χ1) is 12.2. The van der Waals surface area contributed by atoms with E-state index in [1.54, 1.807) is 12.1 Å². The number of aromatic nitrogens is 2. The van der Waals surface area contributed by atoms with Crippen LogP contribution in [0.25, 0.3) is 0 Å². The van der Waals surface area contributed by atoms with Gasteiger partial charge in [0.25, 0.3) is 0 Å². The van der Waals surface area contributed by atoms with E-state index < -0.39 is 0 Å². The van der Waals surface area contributed by atoms with Crippen LogP contribution in [0, 0.1) is 5.82 Å². The second kappa shape index (κ2) is 8.59. The summed E-state index contributed by atoms with van der Waals surface area (Å²) in [4.78, 5) is 11.9. The number of benzene rings is 2. The molecule has 2 aromatic carbocycles. The van der Waals surface area contributed by atoms with Crippen LogP contribution >= 0.6 is 23.1 Å². The highest BCUT2D eigenvalue weighted by Crippen LogP contribution is 2.26. The molecule has 1 heterocycles. The molecule has 0 bridgehead atoms. The highest BCUT2D eigenvalue weighted by Gasteiger charge is 2.09. The van der Waals surface area contributed by atoms with Crippen LogP contribution in [0.5, 0.6) is 0 Å². The first-order valence-corrected chi connectivity index (χ1v) is 9.29. The molecule has 0 aliphatic carbocycles. The van der Waals surface area contributed by atoms with E-state index in [1.807, 2.05) is 30.3 Å². The molecular weight excluding hydrogens is 359 g/mol. The molecule has 5 nitrogen and oxygen atoms in total. The van der Waals surface area contributed by atoms with E-state index >= 15 is 0 Å². The highest BCUT2D eigenvalue weighted by atomic mass is 32.2. The molecule has 0 saturated heterocycles. The predicted molar refractivity (Wildman–Crippen MR) is 99.4 cm³/mol. The molecule has 25 heavy (non-hydrogen) atoms. The van der Waals surface area contributed by atoms with Crippen molar-refractivity contribution in [3.63, 3.8) is 0 Å². The molecule has 0 fully saturated rings. The smallest absolute Gasteiger partial charge is 0.234 e. The van der Waals surface area contributed by atoms with Crippen LogP contribution in [0.1, 0.15) is 5.56 Å². The zero-order valence-electron chi connectivity index (χ0n) is 13.1. The molecule has 0 aliphatic heterocycles. The second-order valence-electron chi connectivity index (χ2n) is 5.06. The van der Waals surface area contributed by atoms with Gasteiger partial charge < -0.3 is 10.6 Å². The van der Waals surface area contributed by atoms with Crippen LogP contribution in [0.4, 0.5) is 15.2 Å². The molecule has 3 rings (SSSR count). The highest BCUT2D eigenvalue weighted by molar-refractivity contribution is 8.01.